The highest BCUT2D eigenvalue weighted by Gasteiger charge is 2.25. The molecule has 0 bridgehead atoms. The van der Waals surface area contributed by atoms with E-state index in [4.69, 9.17) is 9.47 Å². The monoisotopic (exact) mass is 256 g/mol. The number of benzene rings is 2. The predicted octanol–water partition coefficient (Wildman–Crippen LogP) is 3.62. The van der Waals surface area contributed by atoms with Gasteiger partial charge in [0.2, 0.25) is 6.79 Å². The van der Waals surface area contributed by atoms with Crippen LogP contribution in [-0.4, -0.2) is 20.9 Å². The zero-order valence-corrected chi connectivity index (χ0v) is 11.5. The van der Waals surface area contributed by atoms with Crippen LogP contribution in [0, 0.1) is 6.92 Å². The van der Waals surface area contributed by atoms with Crippen molar-refractivity contribution in [2.75, 3.05) is 20.9 Å². The van der Waals surface area contributed by atoms with E-state index < -0.39 is 0 Å². The van der Waals surface area contributed by atoms with Gasteiger partial charge in [-0.15, -0.1) is 0 Å². The molecule has 0 spiro atoms. The average Bonchev–Trinajstić information content (AvgIpc) is 2.86. The van der Waals surface area contributed by atoms with Crippen molar-refractivity contribution in [3.8, 4) is 11.5 Å². The lowest BCUT2D eigenvalue weighted by Gasteiger charge is -2.29. The van der Waals surface area contributed by atoms with Crippen LogP contribution in [0.3, 0.4) is 0 Å². The summed E-state index contributed by atoms with van der Waals surface area (Å²) in [6, 6.07) is 14.7. The number of ether oxygens (including phenoxy) is 2. The SMILES string of the molecule is Cc1ccc([N+](C)(C)c2ccc3c(c2)OCO3)cc1. The number of rotatable bonds is 2. The molecule has 3 rings (SSSR count). The third-order valence-electron chi connectivity index (χ3n) is 3.68. The van der Waals surface area contributed by atoms with Crippen LogP contribution in [0.2, 0.25) is 0 Å². The van der Waals surface area contributed by atoms with Gasteiger partial charge in [0.1, 0.15) is 11.4 Å². The fourth-order valence-electron chi connectivity index (χ4n) is 2.30. The molecule has 0 aliphatic carbocycles. The van der Waals surface area contributed by atoms with Gasteiger partial charge in [0.25, 0.3) is 0 Å². The Morgan fingerprint density at radius 1 is 0.842 bits per heavy atom. The van der Waals surface area contributed by atoms with Crippen molar-refractivity contribution in [2.45, 2.75) is 6.92 Å². The first-order valence-electron chi connectivity index (χ1n) is 6.39. The molecule has 1 aliphatic heterocycles. The van der Waals surface area contributed by atoms with Gasteiger partial charge in [0.15, 0.2) is 11.5 Å². The van der Waals surface area contributed by atoms with E-state index in [0.717, 1.165) is 11.5 Å². The molecule has 1 heterocycles. The fourth-order valence-corrected chi connectivity index (χ4v) is 2.30. The second-order valence-corrected chi connectivity index (χ2v) is 5.33. The predicted molar refractivity (Wildman–Crippen MR) is 77.0 cm³/mol. The zero-order valence-electron chi connectivity index (χ0n) is 11.5. The van der Waals surface area contributed by atoms with Crippen LogP contribution in [0.25, 0.3) is 0 Å². The van der Waals surface area contributed by atoms with Crippen LogP contribution in [0.1, 0.15) is 5.56 Å². The number of hydrogen-bond donors (Lipinski definition) is 0. The minimum Gasteiger partial charge on any atom is -0.454 e. The summed E-state index contributed by atoms with van der Waals surface area (Å²) in [7, 11) is 4.34. The van der Waals surface area contributed by atoms with E-state index in [-0.39, 0.29) is 0 Å². The molecule has 0 saturated carbocycles. The van der Waals surface area contributed by atoms with Crippen molar-refractivity contribution < 1.29 is 9.47 Å². The standard InChI is InChI=1S/C16H18NO2/c1-12-4-6-13(7-5-12)17(2,3)14-8-9-15-16(10-14)19-11-18-15/h4-10H,11H2,1-3H3/q+1. The topological polar surface area (TPSA) is 18.5 Å². The molecule has 3 heteroatoms. The summed E-state index contributed by atoms with van der Waals surface area (Å²) in [5, 5.41) is 0. The van der Waals surface area contributed by atoms with Gasteiger partial charge in [0, 0.05) is 12.1 Å². The number of quaternary nitrogens is 1. The minimum absolute atomic E-state index is 0.316. The first-order valence-corrected chi connectivity index (χ1v) is 6.39. The van der Waals surface area contributed by atoms with Gasteiger partial charge in [-0.05, 0) is 25.1 Å². The molecule has 2 aromatic carbocycles. The minimum atomic E-state index is 0.316. The molecule has 19 heavy (non-hydrogen) atoms. The summed E-state index contributed by atoms with van der Waals surface area (Å²) < 4.78 is 11.5. The second kappa shape index (κ2) is 4.28. The molecule has 0 amide bonds. The number of aryl methyl sites for hydroxylation is 1. The molecular formula is C16H18NO2+. The molecule has 0 fully saturated rings. The molecule has 98 valence electrons. The number of hydrogen-bond acceptors (Lipinski definition) is 2. The maximum atomic E-state index is 5.46. The largest absolute Gasteiger partial charge is 0.454 e. The van der Waals surface area contributed by atoms with Crippen LogP contribution >= 0.6 is 0 Å². The number of nitrogens with zero attached hydrogens (tertiary/aromatic N) is 1. The van der Waals surface area contributed by atoms with Gasteiger partial charge in [-0.2, -0.15) is 0 Å². The van der Waals surface area contributed by atoms with Gasteiger partial charge in [-0.1, -0.05) is 17.7 Å². The van der Waals surface area contributed by atoms with Crippen molar-refractivity contribution in [3.63, 3.8) is 0 Å². The molecule has 0 N–H and O–H groups in total. The Bertz CT molecular complexity index is 603. The molecule has 3 nitrogen and oxygen atoms in total. The lowest BCUT2D eigenvalue weighted by atomic mass is 10.1. The summed E-state index contributed by atoms with van der Waals surface area (Å²) in [6.45, 7) is 2.42. The van der Waals surface area contributed by atoms with E-state index in [1.807, 2.05) is 6.07 Å². The highest BCUT2D eigenvalue weighted by Crippen LogP contribution is 2.39. The molecule has 0 radical (unpaired) electrons. The van der Waals surface area contributed by atoms with Crippen molar-refractivity contribution in [1.82, 2.24) is 4.48 Å². The summed E-state index contributed by atoms with van der Waals surface area (Å²) in [4.78, 5) is 0. The third kappa shape index (κ3) is 2.06. The highest BCUT2D eigenvalue weighted by atomic mass is 16.7. The van der Waals surface area contributed by atoms with E-state index in [0.29, 0.717) is 11.3 Å². The quantitative estimate of drug-likeness (QED) is 0.764. The fraction of sp³-hybridized carbons (Fsp3) is 0.250. The highest BCUT2D eigenvalue weighted by molar-refractivity contribution is 5.62. The molecule has 0 saturated heterocycles. The lowest BCUT2D eigenvalue weighted by Crippen LogP contribution is -2.34. The average molecular weight is 256 g/mol. The van der Waals surface area contributed by atoms with E-state index in [1.54, 1.807) is 0 Å². The van der Waals surface area contributed by atoms with Crippen LogP contribution in [0.15, 0.2) is 42.5 Å². The molecule has 2 aromatic rings. The Hall–Kier alpha value is -2.00. The van der Waals surface area contributed by atoms with E-state index in [9.17, 15) is 0 Å². The normalized spacial score (nSPS) is 13.6. The van der Waals surface area contributed by atoms with E-state index in [1.165, 1.54) is 16.9 Å². The van der Waals surface area contributed by atoms with Crippen LogP contribution in [0.4, 0.5) is 11.4 Å². The van der Waals surface area contributed by atoms with Crippen LogP contribution < -0.4 is 14.0 Å². The van der Waals surface area contributed by atoms with Gasteiger partial charge < -0.3 is 9.47 Å². The maximum Gasteiger partial charge on any atom is 0.231 e. The second-order valence-electron chi connectivity index (χ2n) is 5.33. The molecule has 1 aliphatic rings. The first-order chi connectivity index (χ1) is 9.07. The Kier molecular flexibility index (Phi) is 2.72. The Morgan fingerprint density at radius 3 is 2.21 bits per heavy atom. The van der Waals surface area contributed by atoms with Crippen LogP contribution in [0.5, 0.6) is 11.5 Å². The summed E-state index contributed by atoms with van der Waals surface area (Å²) in [5.74, 6) is 1.66. The lowest BCUT2D eigenvalue weighted by molar-refractivity contribution is 0.174. The van der Waals surface area contributed by atoms with E-state index >= 15 is 0 Å². The Labute approximate surface area is 113 Å². The molecular weight excluding hydrogens is 238 g/mol. The summed E-state index contributed by atoms with van der Waals surface area (Å²) in [5.41, 5.74) is 3.69. The summed E-state index contributed by atoms with van der Waals surface area (Å²) in [6.07, 6.45) is 0. The van der Waals surface area contributed by atoms with Crippen molar-refractivity contribution in [3.05, 3.63) is 48.0 Å². The maximum absolute atomic E-state index is 5.46. The summed E-state index contributed by atoms with van der Waals surface area (Å²) >= 11 is 0. The smallest absolute Gasteiger partial charge is 0.231 e. The first kappa shape index (κ1) is 12.1. The van der Waals surface area contributed by atoms with Crippen molar-refractivity contribution in [1.29, 1.82) is 0 Å². The molecule has 0 atom stereocenters. The van der Waals surface area contributed by atoms with E-state index in [2.05, 4.69) is 57.4 Å². The Balaban J connectivity index is 2.02. The van der Waals surface area contributed by atoms with Gasteiger partial charge in [-0.3, -0.25) is 4.48 Å². The molecule has 0 aromatic heterocycles. The van der Waals surface area contributed by atoms with Crippen LogP contribution in [-0.2, 0) is 0 Å². The van der Waals surface area contributed by atoms with Gasteiger partial charge in [0.05, 0.1) is 14.1 Å². The van der Waals surface area contributed by atoms with Crippen molar-refractivity contribution in [2.24, 2.45) is 0 Å². The zero-order chi connectivity index (χ0) is 13.5. The third-order valence-corrected chi connectivity index (χ3v) is 3.68. The Morgan fingerprint density at radius 2 is 1.47 bits per heavy atom. The van der Waals surface area contributed by atoms with Gasteiger partial charge >= 0.3 is 0 Å². The number of fused-ring (bicyclic) bond motifs is 1. The molecule has 0 unspecified atom stereocenters. The van der Waals surface area contributed by atoms with Crippen molar-refractivity contribution >= 4 is 11.4 Å². The van der Waals surface area contributed by atoms with Gasteiger partial charge in [-0.25, -0.2) is 0 Å².